The number of carbonyl (C=O) groups excluding carboxylic acids is 2. The van der Waals surface area contributed by atoms with Crippen LogP contribution in [0.4, 0.5) is 4.79 Å². The van der Waals surface area contributed by atoms with Crippen molar-refractivity contribution < 1.29 is 19.1 Å². The topological polar surface area (TPSA) is 77.5 Å². The van der Waals surface area contributed by atoms with Crippen LogP contribution in [0.25, 0.3) is 0 Å². The van der Waals surface area contributed by atoms with E-state index in [1.807, 2.05) is 51.1 Å². The summed E-state index contributed by atoms with van der Waals surface area (Å²) < 4.78 is 10.1. The number of aromatic nitrogens is 1. The van der Waals surface area contributed by atoms with Gasteiger partial charge in [0.25, 0.3) is 0 Å². The number of carbonyl (C=O) groups is 2. The molecule has 0 saturated carbocycles. The van der Waals surface area contributed by atoms with Gasteiger partial charge >= 0.3 is 12.1 Å². The van der Waals surface area contributed by atoms with Crippen molar-refractivity contribution in [2.45, 2.75) is 45.8 Å². The number of ether oxygens (including phenoxy) is 2. The van der Waals surface area contributed by atoms with Crippen molar-refractivity contribution >= 4 is 23.4 Å². The highest BCUT2D eigenvalue weighted by molar-refractivity contribution is 7.12. The third kappa shape index (κ3) is 5.56. The molecular formula is C19H24N2O4S. The summed E-state index contributed by atoms with van der Waals surface area (Å²) >= 11 is 1.36. The fraction of sp³-hybridized carbons (Fsp3) is 0.421. The molecule has 0 bridgehead atoms. The van der Waals surface area contributed by atoms with Crippen LogP contribution in [0.2, 0.25) is 0 Å². The van der Waals surface area contributed by atoms with Gasteiger partial charge in [-0.3, -0.25) is 0 Å². The lowest BCUT2D eigenvalue weighted by molar-refractivity contribution is 0.0503. The van der Waals surface area contributed by atoms with Gasteiger partial charge < -0.3 is 14.8 Å². The van der Waals surface area contributed by atoms with Gasteiger partial charge in [-0.2, -0.15) is 0 Å². The van der Waals surface area contributed by atoms with E-state index >= 15 is 0 Å². The Bertz CT molecular complexity index is 766. The van der Waals surface area contributed by atoms with E-state index in [2.05, 4.69) is 10.3 Å². The first-order chi connectivity index (χ1) is 12.2. The van der Waals surface area contributed by atoms with Crippen molar-refractivity contribution in [1.82, 2.24) is 10.3 Å². The number of methoxy groups -OCH3 is 1. The summed E-state index contributed by atoms with van der Waals surface area (Å²) in [5, 5.41) is 3.51. The van der Waals surface area contributed by atoms with Crippen LogP contribution in [-0.2, 0) is 15.9 Å². The second-order valence-electron chi connectivity index (χ2n) is 6.84. The minimum Gasteiger partial charge on any atom is -0.464 e. The number of nitrogens with one attached hydrogen (secondary N) is 1. The average molecular weight is 376 g/mol. The Balaban J connectivity index is 2.28. The van der Waals surface area contributed by atoms with E-state index in [1.165, 1.54) is 18.4 Å². The van der Waals surface area contributed by atoms with Gasteiger partial charge in [-0.15, -0.1) is 11.3 Å². The molecule has 1 N–H and O–H groups in total. The molecule has 7 heteroatoms. The van der Waals surface area contributed by atoms with Gasteiger partial charge in [-0.1, -0.05) is 30.3 Å². The lowest BCUT2D eigenvalue weighted by atomic mass is 10.1. The Kier molecular flexibility index (Phi) is 6.37. The molecule has 1 amide bonds. The monoisotopic (exact) mass is 376 g/mol. The number of hydrogen-bond acceptors (Lipinski definition) is 6. The van der Waals surface area contributed by atoms with Crippen LogP contribution in [0.3, 0.4) is 0 Å². The third-order valence-electron chi connectivity index (χ3n) is 3.46. The Labute approximate surface area is 157 Å². The quantitative estimate of drug-likeness (QED) is 0.797. The van der Waals surface area contributed by atoms with E-state index in [4.69, 9.17) is 9.47 Å². The van der Waals surface area contributed by atoms with Crippen molar-refractivity contribution in [3.05, 3.63) is 51.5 Å². The normalized spacial score (nSPS) is 12.3. The van der Waals surface area contributed by atoms with E-state index in [9.17, 15) is 9.59 Å². The maximum Gasteiger partial charge on any atom is 0.408 e. The fourth-order valence-corrected chi connectivity index (χ4v) is 3.31. The maximum absolute atomic E-state index is 12.3. The molecule has 0 radical (unpaired) electrons. The van der Waals surface area contributed by atoms with Crippen LogP contribution in [0, 0.1) is 6.92 Å². The van der Waals surface area contributed by atoms with Crippen molar-refractivity contribution in [2.24, 2.45) is 0 Å². The molecule has 140 valence electrons. The van der Waals surface area contributed by atoms with Crippen LogP contribution in [0.5, 0.6) is 0 Å². The molecule has 6 nitrogen and oxygen atoms in total. The molecule has 2 rings (SSSR count). The Morgan fingerprint density at radius 2 is 1.88 bits per heavy atom. The molecular weight excluding hydrogens is 352 g/mol. The van der Waals surface area contributed by atoms with E-state index in [-0.39, 0.29) is 5.69 Å². The van der Waals surface area contributed by atoms with Gasteiger partial charge in [-0.05, 0) is 39.7 Å². The molecule has 0 aliphatic rings. The number of esters is 1. The van der Waals surface area contributed by atoms with Crippen molar-refractivity contribution in [2.75, 3.05) is 7.11 Å². The zero-order valence-electron chi connectivity index (χ0n) is 15.7. The number of hydrogen-bond donors (Lipinski definition) is 1. The summed E-state index contributed by atoms with van der Waals surface area (Å²) in [7, 11) is 1.32. The van der Waals surface area contributed by atoms with Crippen molar-refractivity contribution in [3.8, 4) is 0 Å². The van der Waals surface area contributed by atoms with E-state index < -0.39 is 23.7 Å². The van der Waals surface area contributed by atoms with Crippen LogP contribution < -0.4 is 5.32 Å². The van der Waals surface area contributed by atoms with Crippen LogP contribution >= 0.6 is 11.3 Å². The smallest absolute Gasteiger partial charge is 0.408 e. The Morgan fingerprint density at radius 3 is 2.46 bits per heavy atom. The highest BCUT2D eigenvalue weighted by Gasteiger charge is 2.25. The Morgan fingerprint density at radius 1 is 1.23 bits per heavy atom. The molecule has 1 aromatic heterocycles. The molecule has 0 aliphatic heterocycles. The molecule has 0 unspecified atom stereocenters. The fourth-order valence-electron chi connectivity index (χ4n) is 2.35. The number of nitrogens with zero attached hydrogens (tertiary/aromatic N) is 1. The van der Waals surface area contributed by atoms with E-state index in [0.717, 1.165) is 10.4 Å². The molecule has 0 saturated heterocycles. The second-order valence-corrected chi connectivity index (χ2v) is 8.07. The van der Waals surface area contributed by atoms with Gasteiger partial charge in [0.2, 0.25) is 0 Å². The van der Waals surface area contributed by atoms with E-state index in [0.29, 0.717) is 11.4 Å². The maximum atomic E-state index is 12.3. The number of rotatable bonds is 5. The van der Waals surface area contributed by atoms with Gasteiger partial charge in [-0.25, -0.2) is 14.6 Å². The Hall–Kier alpha value is -2.41. The first-order valence-corrected chi connectivity index (χ1v) is 9.10. The van der Waals surface area contributed by atoms with Gasteiger partial charge in [0, 0.05) is 4.88 Å². The highest BCUT2D eigenvalue weighted by Crippen LogP contribution is 2.27. The summed E-state index contributed by atoms with van der Waals surface area (Å²) in [5.74, 6) is -0.485. The van der Waals surface area contributed by atoms with Crippen LogP contribution in [0.15, 0.2) is 30.3 Å². The SMILES string of the molecule is COC(=O)c1nc([C@@H](Cc2ccccc2)NC(=O)OC(C)(C)C)sc1C. The van der Waals surface area contributed by atoms with Crippen molar-refractivity contribution in [3.63, 3.8) is 0 Å². The summed E-state index contributed by atoms with van der Waals surface area (Å²) in [6.45, 7) is 7.23. The molecule has 0 aliphatic carbocycles. The molecule has 1 atom stereocenters. The first-order valence-electron chi connectivity index (χ1n) is 8.28. The zero-order chi connectivity index (χ0) is 19.3. The molecule has 0 fully saturated rings. The summed E-state index contributed by atoms with van der Waals surface area (Å²) in [4.78, 5) is 29.3. The molecule has 1 heterocycles. The molecule has 0 spiro atoms. The largest absolute Gasteiger partial charge is 0.464 e. The van der Waals surface area contributed by atoms with Gasteiger partial charge in [0.15, 0.2) is 5.69 Å². The van der Waals surface area contributed by atoms with Gasteiger partial charge in [0.1, 0.15) is 10.6 Å². The van der Waals surface area contributed by atoms with Gasteiger partial charge in [0.05, 0.1) is 13.2 Å². The first kappa shape index (κ1) is 19.9. The predicted molar refractivity (Wildman–Crippen MR) is 100 cm³/mol. The lowest BCUT2D eigenvalue weighted by Gasteiger charge is -2.23. The summed E-state index contributed by atoms with van der Waals surface area (Å²) in [6.07, 6.45) is 0.0131. The second kappa shape index (κ2) is 8.31. The van der Waals surface area contributed by atoms with Crippen LogP contribution in [-0.4, -0.2) is 29.8 Å². The lowest BCUT2D eigenvalue weighted by Crippen LogP contribution is -2.35. The predicted octanol–water partition coefficient (Wildman–Crippen LogP) is 4.05. The average Bonchev–Trinajstić information content (AvgIpc) is 2.94. The molecule has 1 aromatic carbocycles. The van der Waals surface area contributed by atoms with Crippen molar-refractivity contribution in [1.29, 1.82) is 0 Å². The third-order valence-corrected chi connectivity index (χ3v) is 4.55. The standard InChI is InChI=1S/C19H24N2O4S/c1-12-15(17(22)24-5)21-16(26-12)14(11-13-9-7-6-8-10-13)20-18(23)25-19(2,3)4/h6-10,14H,11H2,1-5H3,(H,20,23)/t14-/m1/s1. The number of aryl methyl sites for hydroxylation is 1. The number of alkyl carbamates (subject to hydrolysis) is 1. The van der Waals surface area contributed by atoms with E-state index in [1.54, 1.807) is 6.92 Å². The minimum atomic E-state index is -0.600. The number of benzene rings is 1. The number of amides is 1. The molecule has 26 heavy (non-hydrogen) atoms. The molecule has 2 aromatic rings. The summed E-state index contributed by atoms with van der Waals surface area (Å²) in [5.41, 5.74) is 0.717. The highest BCUT2D eigenvalue weighted by atomic mass is 32.1. The minimum absolute atomic E-state index is 0.275. The van der Waals surface area contributed by atoms with Crippen LogP contribution in [0.1, 0.15) is 52.7 Å². The zero-order valence-corrected chi connectivity index (χ0v) is 16.5. The number of thiazole rings is 1. The summed E-state index contributed by atoms with van der Waals surface area (Å²) in [6, 6.07) is 9.36.